The number of nitrogens with one attached hydrogen (secondary N) is 1. The second-order valence-electron chi connectivity index (χ2n) is 5.05. The zero-order valence-electron chi connectivity index (χ0n) is 11.8. The molecule has 0 saturated carbocycles. The molecular weight excluding hydrogens is 286 g/mol. The minimum absolute atomic E-state index is 0.0726. The zero-order valence-corrected chi connectivity index (χ0v) is 12.6. The smallest absolute Gasteiger partial charge is 0.232 e. The Balaban J connectivity index is 1.74. The van der Waals surface area contributed by atoms with Gasteiger partial charge in [0.1, 0.15) is 0 Å². The molecule has 0 unspecified atom stereocenters. The summed E-state index contributed by atoms with van der Waals surface area (Å²) in [7, 11) is -3.22. The van der Waals surface area contributed by atoms with Crippen molar-refractivity contribution in [2.75, 3.05) is 15.4 Å². The average molecular weight is 303 g/mol. The molecule has 1 aromatic carbocycles. The fraction of sp³-hybridized carbons (Fsp3) is 0.267. The number of fused-ring (bicyclic) bond motifs is 1. The number of anilines is 2. The van der Waals surface area contributed by atoms with E-state index in [-0.39, 0.29) is 5.75 Å². The van der Waals surface area contributed by atoms with E-state index in [0.717, 1.165) is 18.8 Å². The van der Waals surface area contributed by atoms with E-state index in [2.05, 4.69) is 14.6 Å². The molecule has 1 aromatic heterocycles. The van der Waals surface area contributed by atoms with E-state index in [1.54, 1.807) is 19.1 Å². The molecule has 6 heteroatoms. The van der Waals surface area contributed by atoms with Crippen molar-refractivity contribution in [1.29, 1.82) is 0 Å². The summed E-state index contributed by atoms with van der Waals surface area (Å²) < 4.78 is 25.6. The maximum atomic E-state index is 11.5. The summed E-state index contributed by atoms with van der Waals surface area (Å²) in [5, 5.41) is 0. The molecule has 1 N–H and O–H groups in total. The maximum Gasteiger partial charge on any atom is 0.232 e. The molecule has 3 rings (SSSR count). The van der Waals surface area contributed by atoms with Gasteiger partial charge in [-0.25, -0.2) is 8.42 Å². The van der Waals surface area contributed by atoms with Crippen LogP contribution in [-0.2, 0) is 23.1 Å². The standard InChI is InChI=1S/C15H17N3O2S/c1-2-21(19,20)17-14-3-5-15(6-4-14)18-10-12-7-8-16-9-13(12)11-18/h3-9,17H,2,10-11H2,1H3. The van der Waals surface area contributed by atoms with E-state index in [1.807, 2.05) is 30.6 Å². The lowest BCUT2D eigenvalue weighted by Crippen LogP contribution is -2.16. The summed E-state index contributed by atoms with van der Waals surface area (Å²) in [6.45, 7) is 3.31. The lowest BCUT2D eigenvalue weighted by molar-refractivity contribution is 0.602. The Labute approximate surface area is 124 Å². The highest BCUT2D eigenvalue weighted by Crippen LogP contribution is 2.28. The minimum Gasteiger partial charge on any atom is -0.363 e. The molecule has 0 fully saturated rings. The number of hydrogen-bond acceptors (Lipinski definition) is 4. The summed E-state index contributed by atoms with van der Waals surface area (Å²) in [5.74, 6) is 0.0726. The van der Waals surface area contributed by atoms with Gasteiger partial charge in [0.05, 0.1) is 5.75 Å². The Morgan fingerprint density at radius 1 is 1.14 bits per heavy atom. The maximum absolute atomic E-state index is 11.5. The van der Waals surface area contributed by atoms with Crippen LogP contribution < -0.4 is 9.62 Å². The van der Waals surface area contributed by atoms with Gasteiger partial charge >= 0.3 is 0 Å². The predicted octanol–water partition coefficient (Wildman–Crippen LogP) is 2.36. The third kappa shape index (κ3) is 3.00. The first-order chi connectivity index (χ1) is 10.1. The number of sulfonamides is 1. The molecule has 5 nitrogen and oxygen atoms in total. The fourth-order valence-corrected chi connectivity index (χ4v) is 3.03. The second-order valence-corrected chi connectivity index (χ2v) is 7.06. The van der Waals surface area contributed by atoms with Crippen LogP contribution in [0.3, 0.4) is 0 Å². The number of rotatable bonds is 4. The van der Waals surface area contributed by atoms with Gasteiger partial charge < -0.3 is 4.90 Å². The summed E-state index contributed by atoms with van der Waals surface area (Å²) >= 11 is 0. The van der Waals surface area contributed by atoms with Crippen molar-refractivity contribution in [1.82, 2.24) is 4.98 Å². The van der Waals surface area contributed by atoms with E-state index in [9.17, 15) is 8.42 Å². The van der Waals surface area contributed by atoms with Crippen molar-refractivity contribution < 1.29 is 8.42 Å². The lowest BCUT2D eigenvalue weighted by Gasteiger charge is -2.18. The van der Waals surface area contributed by atoms with E-state index in [0.29, 0.717) is 5.69 Å². The largest absolute Gasteiger partial charge is 0.363 e. The van der Waals surface area contributed by atoms with Crippen LogP contribution in [0.25, 0.3) is 0 Å². The van der Waals surface area contributed by atoms with Crippen LogP contribution in [0, 0.1) is 0 Å². The number of pyridine rings is 1. The summed E-state index contributed by atoms with van der Waals surface area (Å²) in [4.78, 5) is 6.39. The highest BCUT2D eigenvalue weighted by atomic mass is 32.2. The van der Waals surface area contributed by atoms with Crippen molar-refractivity contribution >= 4 is 21.4 Å². The van der Waals surface area contributed by atoms with Crippen LogP contribution >= 0.6 is 0 Å². The molecule has 0 amide bonds. The molecule has 0 radical (unpaired) electrons. The van der Waals surface area contributed by atoms with Crippen LogP contribution in [0.1, 0.15) is 18.1 Å². The Morgan fingerprint density at radius 3 is 2.52 bits per heavy atom. The van der Waals surface area contributed by atoms with Gasteiger partial charge in [-0.05, 0) is 48.4 Å². The highest BCUT2D eigenvalue weighted by molar-refractivity contribution is 7.92. The first-order valence-corrected chi connectivity index (χ1v) is 8.50. The topological polar surface area (TPSA) is 62.3 Å². The second kappa shape index (κ2) is 5.37. The number of benzene rings is 1. The molecule has 21 heavy (non-hydrogen) atoms. The molecule has 0 atom stereocenters. The van der Waals surface area contributed by atoms with Gasteiger partial charge in [0.15, 0.2) is 0 Å². The number of nitrogens with zero attached hydrogens (tertiary/aromatic N) is 2. The molecule has 0 aliphatic carbocycles. The summed E-state index contributed by atoms with van der Waals surface area (Å²) in [5.41, 5.74) is 4.21. The normalized spacial score (nSPS) is 14.0. The van der Waals surface area contributed by atoms with Crippen LogP contribution in [0.2, 0.25) is 0 Å². The van der Waals surface area contributed by atoms with E-state index in [1.165, 1.54) is 11.1 Å². The van der Waals surface area contributed by atoms with E-state index >= 15 is 0 Å². The lowest BCUT2D eigenvalue weighted by atomic mass is 10.2. The Kier molecular flexibility index (Phi) is 3.55. The third-order valence-electron chi connectivity index (χ3n) is 3.61. The van der Waals surface area contributed by atoms with Crippen LogP contribution in [0.4, 0.5) is 11.4 Å². The molecule has 110 valence electrons. The van der Waals surface area contributed by atoms with Crippen molar-refractivity contribution in [3.8, 4) is 0 Å². The predicted molar refractivity (Wildman–Crippen MR) is 83.6 cm³/mol. The molecule has 0 saturated heterocycles. The van der Waals surface area contributed by atoms with Crippen LogP contribution in [0.15, 0.2) is 42.7 Å². The Bertz CT molecular complexity index is 717. The quantitative estimate of drug-likeness (QED) is 0.942. The Morgan fingerprint density at radius 2 is 1.86 bits per heavy atom. The Hall–Kier alpha value is -2.08. The SMILES string of the molecule is CCS(=O)(=O)Nc1ccc(N2Cc3ccncc3C2)cc1. The van der Waals surface area contributed by atoms with Crippen LogP contribution in [0.5, 0.6) is 0 Å². The zero-order chi connectivity index (χ0) is 14.9. The van der Waals surface area contributed by atoms with Gasteiger partial charge in [0, 0.05) is 36.9 Å². The fourth-order valence-electron chi connectivity index (χ4n) is 2.39. The van der Waals surface area contributed by atoms with Gasteiger partial charge in [-0.15, -0.1) is 0 Å². The highest BCUT2D eigenvalue weighted by Gasteiger charge is 2.19. The molecule has 0 spiro atoms. The van der Waals surface area contributed by atoms with E-state index in [4.69, 9.17) is 0 Å². The van der Waals surface area contributed by atoms with Crippen molar-refractivity contribution in [3.63, 3.8) is 0 Å². The van der Waals surface area contributed by atoms with Gasteiger partial charge in [-0.2, -0.15) is 0 Å². The first kappa shape index (κ1) is 13.9. The van der Waals surface area contributed by atoms with Crippen molar-refractivity contribution in [2.24, 2.45) is 0 Å². The molecule has 1 aliphatic heterocycles. The minimum atomic E-state index is -3.22. The van der Waals surface area contributed by atoms with Crippen molar-refractivity contribution in [2.45, 2.75) is 20.0 Å². The monoisotopic (exact) mass is 303 g/mol. The molecular formula is C15H17N3O2S. The average Bonchev–Trinajstić information content (AvgIpc) is 2.91. The summed E-state index contributed by atoms with van der Waals surface area (Å²) in [6, 6.07) is 9.51. The van der Waals surface area contributed by atoms with E-state index < -0.39 is 10.0 Å². The molecule has 2 heterocycles. The van der Waals surface area contributed by atoms with Gasteiger partial charge in [0.2, 0.25) is 10.0 Å². The van der Waals surface area contributed by atoms with Gasteiger partial charge in [-0.1, -0.05) is 0 Å². The van der Waals surface area contributed by atoms with Crippen molar-refractivity contribution in [3.05, 3.63) is 53.9 Å². The first-order valence-electron chi connectivity index (χ1n) is 6.84. The van der Waals surface area contributed by atoms with Gasteiger partial charge in [-0.3, -0.25) is 9.71 Å². The molecule has 0 bridgehead atoms. The number of hydrogen-bond donors (Lipinski definition) is 1. The van der Waals surface area contributed by atoms with Gasteiger partial charge in [0.25, 0.3) is 0 Å². The van der Waals surface area contributed by atoms with Crippen LogP contribution in [-0.4, -0.2) is 19.2 Å². The third-order valence-corrected chi connectivity index (χ3v) is 4.92. The molecule has 1 aliphatic rings. The number of aromatic nitrogens is 1. The molecule has 2 aromatic rings. The summed E-state index contributed by atoms with van der Waals surface area (Å²) in [6.07, 6.45) is 3.71.